The van der Waals surface area contributed by atoms with Gasteiger partial charge in [-0.3, -0.25) is 0 Å². The number of nitrogens with one attached hydrogen (secondary N) is 2. The van der Waals surface area contributed by atoms with Crippen molar-refractivity contribution in [2.24, 2.45) is 0 Å². The predicted octanol–water partition coefficient (Wildman–Crippen LogP) is 2.63. The van der Waals surface area contributed by atoms with Crippen molar-refractivity contribution in [3.05, 3.63) is 29.3 Å². The van der Waals surface area contributed by atoms with Crippen LogP contribution >= 0.6 is 23.8 Å². The van der Waals surface area contributed by atoms with Gasteiger partial charge in [-0.1, -0.05) is 17.7 Å². The summed E-state index contributed by atoms with van der Waals surface area (Å²) in [6, 6.07) is 7.26. The fraction of sp³-hybridized carbons (Fsp3) is 0.417. The molecule has 0 heterocycles. The lowest BCUT2D eigenvalue weighted by Crippen LogP contribution is -2.44. The number of halogens is 1. The molecule has 0 radical (unpaired) electrons. The lowest BCUT2D eigenvalue weighted by Gasteiger charge is -2.23. The first kappa shape index (κ1) is 15.2. The van der Waals surface area contributed by atoms with E-state index in [1.54, 1.807) is 26.4 Å². The highest BCUT2D eigenvalue weighted by Crippen LogP contribution is 2.14. The summed E-state index contributed by atoms with van der Waals surface area (Å²) in [5.74, 6) is 0. The summed E-state index contributed by atoms with van der Waals surface area (Å²) in [6.45, 7) is 1.92. The molecule has 0 spiro atoms. The maximum absolute atomic E-state index is 5.89. The maximum Gasteiger partial charge on any atom is 0.176 e. The standard InChI is InChI=1S/C12H17ClN2O2S/c1-8(11(16-2)17-3)14-12(18)15-10-6-4-5-9(13)7-10/h4-8,11H,1-3H3,(H2,14,15,18). The molecule has 0 amide bonds. The van der Waals surface area contributed by atoms with Crippen molar-refractivity contribution in [1.29, 1.82) is 0 Å². The van der Waals surface area contributed by atoms with Gasteiger partial charge in [0, 0.05) is 24.9 Å². The molecule has 0 aromatic heterocycles. The quantitative estimate of drug-likeness (QED) is 0.644. The molecule has 1 atom stereocenters. The van der Waals surface area contributed by atoms with E-state index in [0.29, 0.717) is 10.1 Å². The Balaban J connectivity index is 2.51. The van der Waals surface area contributed by atoms with Gasteiger partial charge in [-0.2, -0.15) is 0 Å². The number of hydrogen-bond acceptors (Lipinski definition) is 3. The Hall–Kier alpha value is -0.880. The molecule has 0 aliphatic carbocycles. The first-order chi connectivity index (χ1) is 8.56. The maximum atomic E-state index is 5.89. The van der Waals surface area contributed by atoms with Crippen LogP contribution in [0, 0.1) is 0 Å². The number of hydrogen-bond donors (Lipinski definition) is 2. The first-order valence-electron chi connectivity index (χ1n) is 5.45. The molecule has 1 aromatic rings. The van der Waals surface area contributed by atoms with Crippen LogP contribution in [-0.2, 0) is 9.47 Å². The van der Waals surface area contributed by atoms with E-state index in [-0.39, 0.29) is 12.3 Å². The molecule has 1 aromatic carbocycles. The van der Waals surface area contributed by atoms with Crippen LogP contribution < -0.4 is 10.6 Å². The van der Waals surface area contributed by atoms with E-state index in [9.17, 15) is 0 Å². The van der Waals surface area contributed by atoms with Crippen molar-refractivity contribution >= 4 is 34.6 Å². The van der Waals surface area contributed by atoms with Crippen molar-refractivity contribution in [1.82, 2.24) is 5.32 Å². The highest BCUT2D eigenvalue weighted by Gasteiger charge is 2.16. The molecule has 6 heteroatoms. The Labute approximate surface area is 118 Å². The Bertz CT molecular complexity index is 399. The van der Waals surface area contributed by atoms with Crippen molar-refractivity contribution in [2.75, 3.05) is 19.5 Å². The monoisotopic (exact) mass is 288 g/mol. The number of benzene rings is 1. The third-order valence-corrected chi connectivity index (χ3v) is 2.77. The van der Waals surface area contributed by atoms with Crippen LogP contribution in [0.15, 0.2) is 24.3 Å². The third-order valence-electron chi connectivity index (χ3n) is 2.31. The Morgan fingerprint density at radius 3 is 2.56 bits per heavy atom. The molecular formula is C12H17ClN2O2S. The van der Waals surface area contributed by atoms with Crippen LogP contribution in [0.2, 0.25) is 5.02 Å². The van der Waals surface area contributed by atoms with Crippen LogP contribution in [0.5, 0.6) is 0 Å². The normalized spacial score (nSPS) is 12.3. The van der Waals surface area contributed by atoms with Crippen molar-refractivity contribution in [3.63, 3.8) is 0 Å². The van der Waals surface area contributed by atoms with Gasteiger partial charge in [0.15, 0.2) is 11.4 Å². The molecule has 0 fully saturated rings. The second-order valence-electron chi connectivity index (χ2n) is 3.74. The van der Waals surface area contributed by atoms with Crippen molar-refractivity contribution in [2.45, 2.75) is 19.3 Å². The fourth-order valence-electron chi connectivity index (χ4n) is 1.51. The van der Waals surface area contributed by atoms with Gasteiger partial charge in [-0.15, -0.1) is 0 Å². The van der Waals surface area contributed by atoms with E-state index in [1.807, 2.05) is 19.1 Å². The summed E-state index contributed by atoms with van der Waals surface area (Å²) in [5.41, 5.74) is 0.832. The molecule has 0 bridgehead atoms. The molecule has 0 saturated carbocycles. The highest BCUT2D eigenvalue weighted by atomic mass is 35.5. The number of rotatable bonds is 5. The van der Waals surface area contributed by atoms with E-state index in [0.717, 1.165) is 5.69 Å². The van der Waals surface area contributed by atoms with Gasteiger partial charge in [0.05, 0.1) is 6.04 Å². The third kappa shape index (κ3) is 4.78. The van der Waals surface area contributed by atoms with Crippen molar-refractivity contribution in [3.8, 4) is 0 Å². The molecule has 4 nitrogen and oxygen atoms in total. The zero-order valence-electron chi connectivity index (χ0n) is 10.6. The van der Waals surface area contributed by atoms with Crippen LogP contribution in [0.1, 0.15) is 6.92 Å². The Morgan fingerprint density at radius 2 is 2.00 bits per heavy atom. The molecule has 0 aliphatic heterocycles. The molecule has 0 aliphatic rings. The Morgan fingerprint density at radius 1 is 1.33 bits per heavy atom. The summed E-state index contributed by atoms with van der Waals surface area (Å²) < 4.78 is 10.3. The minimum Gasteiger partial charge on any atom is -0.355 e. The lowest BCUT2D eigenvalue weighted by molar-refractivity contribution is -0.116. The molecule has 100 valence electrons. The average Bonchev–Trinajstić information content (AvgIpc) is 2.30. The first-order valence-corrected chi connectivity index (χ1v) is 6.24. The SMILES string of the molecule is COC(OC)C(C)NC(=S)Nc1cccc(Cl)c1. The van der Waals surface area contributed by atoms with Gasteiger partial charge < -0.3 is 20.1 Å². The van der Waals surface area contributed by atoms with Crippen LogP contribution in [0.4, 0.5) is 5.69 Å². The van der Waals surface area contributed by atoms with E-state index >= 15 is 0 Å². The zero-order chi connectivity index (χ0) is 13.5. The van der Waals surface area contributed by atoms with Crippen molar-refractivity contribution < 1.29 is 9.47 Å². The van der Waals surface area contributed by atoms with Gasteiger partial charge in [-0.25, -0.2) is 0 Å². The zero-order valence-corrected chi connectivity index (χ0v) is 12.1. The summed E-state index contributed by atoms with van der Waals surface area (Å²) in [7, 11) is 3.17. The number of methoxy groups -OCH3 is 2. The summed E-state index contributed by atoms with van der Waals surface area (Å²) in [5, 5.41) is 7.26. The van der Waals surface area contributed by atoms with E-state index in [4.69, 9.17) is 33.3 Å². The van der Waals surface area contributed by atoms with Crippen LogP contribution in [-0.4, -0.2) is 31.7 Å². The molecule has 2 N–H and O–H groups in total. The largest absolute Gasteiger partial charge is 0.355 e. The van der Waals surface area contributed by atoms with Gasteiger partial charge in [0.1, 0.15) is 0 Å². The van der Waals surface area contributed by atoms with Gasteiger partial charge in [-0.05, 0) is 37.3 Å². The summed E-state index contributed by atoms with van der Waals surface area (Å²) >= 11 is 11.1. The lowest BCUT2D eigenvalue weighted by atomic mass is 10.3. The van der Waals surface area contributed by atoms with E-state index in [2.05, 4.69) is 10.6 Å². The minimum absolute atomic E-state index is 0.0702. The number of ether oxygens (including phenoxy) is 2. The molecular weight excluding hydrogens is 272 g/mol. The second kappa shape index (κ2) is 7.53. The van der Waals surface area contributed by atoms with E-state index < -0.39 is 0 Å². The summed E-state index contributed by atoms with van der Waals surface area (Å²) in [4.78, 5) is 0. The fourth-order valence-corrected chi connectivity index (χ4v) is 2.01. The topological polar surface area (TPSA) is 42.5 Å². The van der Waals surface area contributed by atoms with Gasteiger partial charge in [0.2, 0.25) is 0 Å². The molecule has 0 saturated heterocycles. The Kier molecular flexibility index (Phi) is 6.35. The smallest absolute Gasteiger partial charge is 0.176 e. The predicted molar refractivity (Wildman–Crippen MR) is 78.1 cm³/mol. The van der Waals surface area contributed by atoms with Crippen LogP contribution in [0.3, 0.4) is 0 Å². The second-order valence-corrected chi connectivity index (χ2v) is 4.58. The molecule has 1 unspecified atom stereocenters. The van der Waals surface area contributed by atoms with Crippen LogP contribution in [0.25, 0.3) is 0 Å². The van der Waals surface area contributed by atoms with Gasteiger partial charge in [0.25, 0.3) is 0 Å². The average molecular weight is 289 g/mol. The summed E-state index contributed by atoms with van der Waals surface area (Å²) in [6.07, 6.45) is -0.357. The number of thiocarbonyl (C=S) groups is 1. The highest BCUT2D eigenvalue weighted by molar-refractivity contribution is 7.80. The van der Waals surface area contributed by atoms with Gasteiger partial charge >= 0.3 is 0 Å². The number of anilines is 1. The molecule has 18 heavy (non-hydrogen) atoms. The minimum atomic E-state index is -0.357. The van der Waals surface area contributed by atoms with E-state index in [1.165, 1.54) is 0 Å². The molecule has 1 rings (SSSR count).